The zero-order valence-corrected chi connectivity index (χ0v) is 17.6. The molecule has 0 bridgehead atoms. The summed E-state index contributed by atoms with van der Waals surface area (Å²) in [5, 5.41) is 4.44. The van der Waals surface area contributed by atoms with Crippen LogP contribution < -0.4 is 10.6 Å². The molecule has 0 aromatic heterocycles. The molecule has 1 unspecified atom stereocenters. The Hall–Kier alpha value is -2.76. The number of ether oxygens (including phenoxy) is 2. The standard InChI is InChI=1S/C19H25N3O7S/c1-3-20-19(25)21-18(24)14(2)29-17(23)9-6-15-4-7-16(8-5-15)30(26,27)22-10-12-28-13-11-22/h4-9,14H,3,10-13H2,1-2H3,(H2,20,21,24,25). The zero-order chi connectivity index (χ0) is 22.1. The number of carbonyl (C=O) groups is 3. The van der Waals surface area contributed by atoms with Crippen LogP contribution >= 0.6 is 0 Å². The first-order valence-electron chi connectivity index (χ1n) is 9.39. The minimum Gasteiger partial charge on any atom is -0.449 e. The SMILES string of the molecule is CCNC(=O)NC(=O)C(C)OC(=O)C=Cc1ccc(S(=O)(=O)N2CCOCC2)cc1. The Morgan fingerprint density at radius 1 is 1.20 bits per heavy atom. The maximum absolute atomic E-state index is 12.6. The van der Waals surface area contributed by atoms with Gasteiger partial charge in [0, 0.05) is 25.7 Å². The monoisotopic (exact) mass is 439 g/mol. The molecular formula is C19H25N3O7S. The number of hydrogen-bond donors (Lipinski definition) is 2. The molecule has 1 heterocycles. The van der Waals surface area contributed by atoms with Crippen LogP contribution in [0.3, 0.4) is 0 Å². The second kappa shape index (κ2) is 10.9. The van der Waals surface area contributed by atoms with E-state index in [9.17, 15) is 22.8 Å². The van der Waals surface area contributed by atoms with Crippen LogP contribution in [0.2, 0.25) is 0 Å². The third kappa shape index (κ3) is 6.65. The molecule has 0 aliphatic carbocycles. The van der Waals surface area contributed by atoms with Gasteiger partial charge in [0.05, 0.1) is 18.1 Å². The van der Waals surface area contributed by atoms with Crippen molar-refractivity contribution < 1.29 is 32.3 Å². The first-order chi connectivity index (χ1) is 14.2. The fourth-order valence-electron chi connectivity index (χ4n) is 2.54. The fraction of sp³-hybridized carbons (Fsp3) is 0.421. The number of carbonyl (C=O) groups excluding carboxylic acids is 3. The van der Waals surface area contributed by atoms with E-state index in [0.29, 0.717) is 38.4 Å². The topological polar surface area (TPSA) is 131 Å². The van der Waals surface area contributed by atoms with Crippen molar-refractivity contribution in [2.75, 3.05) is 32.8 Å². The van der Waals surface area contributed by atoms with Crippen molar-refractivity contribution in [3.63, 3.8) is 0 Å². The predicted molar refractivity (Wildman–Crippen MR) is 108 cm³/mol. The molecule has 1 aromatic rings. The lowest BCUT2D eigenvalue weighted by Crippen LogP contribution is -2.44. The van der Waals surface area contributed by atoms with Crippen molar-refractivity contribution in [1.82, 2.24) is 14.9 Å². The van der Waals surface area contributed by atoms with E-state index in [2.05, 4.69) is 5.32 Å². The van der Waals surface area contributed by atoms with Crippen LogP contribution in [0.4, 0.5) is 4.79 Å². The van der Waals surface area contributed by atoms with Crippen molar-refractivity contribution in [3.05, 3.63) is 35.9 Å². The first-order valence-corrected chi connectivity index (χ1v) is 10.8. The Morgan fingerprint density at radius 2 is 1.83 bits per heavy atom. The van der Waals surface area contributed by atoms with Gasteiger partial charge in [-0.15, -0.1) is 0 Å². The van der Waals surface area contributed by atoms with Crippen molar-refractivity contribution in [1.29, 1.82) is 0 Å². The van der Waals surface area contributed by atoms with Gasteiger partial charge in [-0.1, -0.05) is 12.1 Å². The Balaban J connectivity index is 1.92. The van der Waals surface area contributed by atoms with Crippen LogP contribution in [0.15, 0.2) is 35.2 Å². The van der Waals surface area contributed by atoms with Gasteiger partial charge in [-0.05, 0) is 37.6 Å². The number of urea groups is 1. The number of nitrogens with zero attached hydrogens (tertiary/aromatic N) is 1. The molecule has 2 N–H and O–H groups in total. The van der Waals surface area contributed by atoms with Gasteiger partial charge in [0.2, 0.25) is 10.0 Å². The molecule has 1 aliphatic rings. The minimum absolute atomic E-state index is 0.153. The summed E-state index contributed by atoms with van der Waals surface area (Å²) in [5.74, 6) is -1.53. The molecule has 30 heavy (non-hydrogen) atoms. The Morgan fingerprint density at radius 3 is 2.43 bits per heavy atom. The summed E-state index contributed by atoms with van der Waals surface area (Å²) >= 11 is 0. The number of benzene rings is 1. The maximum Gasteiger partial charge on any atom is 0.331 e. The van der Waals surface area contributed by atoms with Crippen molar-refractivity contribution in [2.24, 2.45) is 0 Å². The highest BCUT2D eigenvalue weighted by Gasteiger charge is 2.26. The number of morpholine rings is 1. The molecule has 3 amide bonds. The summed E-state index contributed by atoms with van der Waals surface area (Å²) in [6, 6.07) is 5.36. The molecule has 0 saturated carbocycles. The molecule has 164 valence electrons. The molecule has 1 aliphatic heterocycles. The number of hydrogen-bond acceptors (Lipinski definition) is 7. The molecular weight excluding hydrogens is 414 g/mol. The highest BCUT2D eigenvalue weighted by Crippen LogP contribution is 2.18. The summed E-state index contributed by atoms with van der Waals surface area (Å²) < 4.78 is 36.6. The largest absolute Gasteiger partial charge is 0.449 e. The fourth-order valence-corrected chi connectivity index (χ4v) is 3.94. The quantitative estimate of drug-likeness (QED) is 0.467. The first kappa shape index (κ1) is 23.5. The van der Waals surface area contributed by atoms with Gasteiger partial charge in [0.1, 0.15) is 0 Å². The van der Waals surface area contributed by atoms with E-state index in [1.54, 1.807) is 19.1 Å². The third-order valence-electron chi connectivity index (χ3n) is 4.14. The Bertz CT molecular complexity index is 891. The van der Waals surface area contributed by atoms with Crippen LogP contribution in [0.1, 0.15) is 19.4 Å². The van der Waals surface area contributed by atoms with Crippen LogP contribution in [-0.2, 0) is 29.1 Å². The molecule has 11 heteroatoms. The van der Waals surface area contributed by atoms with E-state index in [1.165, 1.54) is 29.4 Å². The highest BCUT2D eigenvalue weighted by atomic mass is 32.2. The second-order valence-electron chi connectivity index (χ2n) is 6.35. The van der Waals surface area contributed by atoms with E-state index < -0.39 is 34.0 Å². The third-order valence-corrected chi connectivity index (χ3v) is 6.05. The van der Waals surface area contributed by atoms with E-state index in [4.69, 9.17) is 9.47 Å². The highest BCUT2D eigenvalue weighted by molar-refractivity contribution is 7.89. The molecule has 1 atom stereocenters. The lowest BCUT2D eigenvalue weighted by atomic mass is 10.2. The number of rotatable bonds is 7. The average Bonchev–Trinajstić information content (AvgIpc) is 2.73. The average molecular weight is 439 g/mol. The van der Waals surface area contributed by atoms with Gasteiger partial charge in [-0.25, -0.2) is 18.0 Å². The predicted octanol–water partition coefficient (Wildman–Crippen LogP) is 0.498. The van der Waals surface area contributed by atoms with Crippen LogP contribution in [-0.4, -0.2) is 69.6 Å². The molecule has 1 fully saturated rings. The summed E-state index contributed by atoms with van der Waals surface area (Å²) in [5.41, 5.74) is 0.576. The summed E-state index contributed by atoms with van der Waals surface area (Å²) in [4.78, 5) is 35.1. The van der Waals surface area contributed by atoms with E-state index in [0.717, 1.165) is 6.08 Å². The number of sulfonamides is 1. The number of imide groups is 1. The van der Waals surface area contributed by atoms with Gasteiger partial charge in [-0.3, -0.25) is 10.1 Å². The summed E-state index contributed by atoms with van der Waals surface area (Å²) in [6.07, 6.45) is 1.38. The van der Waals surface area contributed by atoms with E-state index in [-0.39, 0.29) is 4.90 Å². The summed E-state index contributed by atoms with van der Waals surface area (Å²) in [6.45, 7) is 4.73. The number of amides is 3. The molecule has 0 spiro atoms. The van der Waals surface area contributed by atoms with Crippen LogP contribution in [0, 0.1) is 0 Å². The van der Waals surface area contributed by atoms with E-state index >= 15 is 0 Å². The van der Waals surface area contributed by atoms with Gasteiger partial charge >= 0.3 is 12.0 Å². The van der Waals surface area contributed by atoms with Gasteiger partial charge in [0.25, 0.3) is 5.91 Å². The lowest BCUT2D eigenvalue weighted by Gasteiger charge is -2.26. The second-order valence-corrected chi connectivity index (χ2v) is 8.28. The van der Waals surface area contributed by atoms with Crippen molar-refractivity contribution >= 4 is 34.0 Å². The summed E-state index contributed by atoms with van der Waals surface area (Å²) in [7, 11) is -3.59. The molecule has 1 aromatic carbocycles. The maximum atomic E-state index is 12.6. The smallest absolute Gasteiger partial charge is 0.331 e. The molecule has 10 nitrogen and oxygen atoms in total. The minimum atomic E-state index is -3.59. The van der Waals surface area contributed by atoms with Crippen molar-refractivity contribution in [2.45, 2.75) is 24.8 Å². The molecule has 0 radical (unpaired) electrons. The van der Waals surface area contributed by atoms with E-state index in [1.807, 2.05) is 5.32 Å². The Kier molecular flexibility index (Phi) is 8.51. The normalized spacial score (nSPS) is 16.1. The Labute approximate surface area is 175 Å². The lowest BCUT2D eigenvalue weighted by molar-refractivity contribution is -0.149. The van der Waals surface area contributed by atoms with Gasteiger partial charge < -0.3 is 14.8 Å². The number of nitrogens with one attached hydrogen (secondary N) is 2. The van der Waals surface area contributed by atoms with Crippen LogP contribution in [0.25, 0.3) is 6.08 Å². The molecule has 2 rings (SSSR count). The van der Waals surface area contributed by atoms with Crippen LogP contribution in [0.5, 0.6) is 0 Å². The number of esters is 1. The van der Waals surface area contributed by atoms with Gasteiger partial charge in [0.15, 0.2) is 6.10 Å². The zero-order valence-electron chi connectivity index (χ0n) is 16.8. The van der Waals surface area contributed by atoms with Gasteiger partial charge in [-0.2, -0.15) is 4.31 Å². The molecule has 1 saturated heterocycles. The van der Waals surface area contributed by atoms with Crippen molar-refractivity contribution in [3.8, 4) is 0 Å².